The van der Waals surface area contributed by atoms with Crippen LogP contribution in [0.2, 0.25) is 11.1 Å². The molecule has 0 N–H and O–H groups in total. The molecule has 0 radical (unpaired) electrons. The summed E-state index contributed by atoms with van der Waals surface area (Å²) in [5.41, 5.74) is 0. The molecule has 86 valence electrons. The fourth-order valence-corrected chi connectivity index (χ4v) is 6.10. The zero-order valence-corrected chi connectivity index (χ0v) is 11.6. The van der Waals surface area contributed by atoms with E-state index >= 15 is 0 Å². The van der Waals surface area contributed by atoms with E-state index in [1.165, 1.54) is 0 Å². The molecule has 0 bridgehead atoms. The van der Waals surface area contributed by atoms with Crippen LogP contribution in [0.3, 0.4) is 0 Å². The van der Waals surface area contributed by atoms with Gasteiger partial charge in [0.15, 0.2) is 0 Å². The molecular formula is C11H26O2Si. The number of hydrogen-bond donors (Lipinski definition) is 0. The predicted molar refractivity (Wildman–Crippen MR) is 63.8 cm³/mol. The third kappa shape index (κ3) is 2.38. The van der Waals surface area contributed by atoms with Crippen LogP contribution >= 0.6 is 0 Å². The van der Waals surface area contributed by atoms with Crippen LogP contribution in [0.5, 0.6) is 0 Å². The molecule has 0 heterocycles. The Kier molecular flexibility index (Phi) is 5.94. The van der Waals surface area contributed by atoms with Crippen molar-refractivity contribution in [3.05, 3.63) is 0 Å². The maximum atomic E-state index is 5.79. The monoisotopic (exact) mass is 218 g/mol. The van der Waals surface area contributed by atoms with Crippen molar-refractivity contribution in [2.75, 3.05) is 14.2 Å². The van der Waals surface area contributed by atoms with Crippen molar-refractivity contribution in [1.82, 2.24) is 0 Å². The Morgan fingerprint density at radius 1 is 1.00 bits per heavy atom. The Balaban J connectivity index is 4.92. The SMILES string of the molecule is CCC[Si](OC)(OC)C(C)(CC)CC. The van der Waals surface area contributed by atoms with Gasteiger partial charge in [0.2, 0.25) is 0 Å². The first-order valence-electron chi connectivity index (χ1n) is 5.66. The molecule has 0 aliphatic heterocycles. The van der Waals surface area contributed by atoms with E-state index < -0.39 is 8.56 Å². The molecule has 2 nitrogen and oxygen atoms in total. The molecule has 0 aromatic rings. The molecular weight excluding hydrogens is 192 g/mol. The normalized spacial score (nSPS) is 13.3. The first-order valence-corrected chi connectivity index (χ1v) is 7.68. The van der Waals surface area contributed by atoms with E-state index in [9.17, 15) is 0 Å². The molecule has 3 heteroatoms. The van der Waals surface area contributed by atoms with Gasteiger partial charge in [0.1, 0.15) is 0 Å². The van der Waals surface area contributed by atoms with Crippen LogP contribution in [0, 0.1) is 0 Å². The number of hydrogen-bond acceptors (Lipinski definition) is 2. The van der Waals surface area contributed by atoms with E-state index in [-0.39, 0.29) is 5.04 Å². The summed E-state index contributed by atoms with van der Waals surface area (Å²) in [4.78, 5) is 0. The van der Waals surface area contributed by atoms with Crippen molar-refractivity contribution in [2.24, 2.45) is 0 Å². The highest BCUT2D eigenvalue weighted by atomic mass is 28.4. The van der Waals surface area contributed by atoms with E-state index in [1.54, 1.807) is 0 Å². The Bertz CT molecular complexity index is 151. The zero-order valence-electron chi connectivity index (χ0n) is 10.6. The van der Waals surface area contributed by atoms with Crippen molar-refractivity contribution in [2.45, 2.75) is 58.0 Å². The molecule has 0 rings (SSSR count). The minimum Gasteiger partial charge on any atom is -0.397 e. The van der Waals surface area contributed by atoms with Gasteiger partial charge in [-0.1, -0.05) is 34.1 Å². The Hall–Kier alpha value is 0.137. The van der Waals surface area contributed by atoms with Crippen LogP contribution < -0.4 is 0 Å². The van der Waals surface area contributed by atoms with E-state index in [0.29, 0.717) is 0 Å². The lowest BCUT2D eigenvalue weighted by molar-refractivity contribution is 0.199. The summed E-state index contributed by atoms with van der Waals surface area (Å²) in [5.74, 6) is 0. The van der Waals surface area contributed by atoms with Crippen LogP contribution in [0.15, 0.2) is 0 Å². The van der Waals surface area contributed by atoms with Gasteiger partial charge in [0.05, 0.1) is 0 Å². The molecule has 0 aromatic heterocycles. The topological polar surface area (TPSA) is 18.5 Å². The molecule has 14 heavy (non-hydrogen) atoms. The second kappa shape index (κ2) is 5.88. The highest BCUT2D eigenvalue weighted by Gasteiger charge is 2.50. The van der Waals surface area contributed by atoms with Gasteiger partial charge >= 0.3 is 8.56 Å². The molecule has 0 spiro atoms. The van der Waals surface area contributed by atoms with E-state index in [1.807, 2.05) is 14.2 Å². The summed E-state index contributed by atoms with van der Waals surface area (Å²) >= 11 is 0. The third-order valence-corrected chi connectivity index (χ3v) is 8.74. The van der Waals surface area contributed by atoms with E-state index in [2.05, 4.69) is 27.7 Å². The molecule has 0 atom stereocenters. The molecule has 0 aromatic carbocycles. The fraction of sp³-hybridized carbons (Fsp3) is 1.00. The molecule has 0 aliphatic carbocycles. The molecule has 0 unspecified atom stereocenters. The van der Waals surface area contributed by atoms with Gasteiger partial charge in [0, 0.05) is 19.3 Å². The van der Waals surface area contributed by atoms with Crippen LogP contribution in [0.4, 0.5) is 0 Å². The van der Waals surface area contributed by atoms with Crippen molar-refractivity contribution >= 4 is 8.56 Å². The van der Waals surface area contributed by atoms with Gasteiger partial charge in [-0.3, -0.25) is 0 Å². The van der Waals surface area contributed by atoms with Crippen molar-refractivity contribution in [3.63, 3.8) is 0 Å². The average Bonchev–Trinajstić information content (AvgIpc) is 2.24. The largest absolute Gasteiger partial charge is 0.397 e. The van der Waals surface area contributed by atoms with Gasteiger partial charge in [-0.05, 0) is 18.9 Å². The van der Waals surface area contributed by atoms with E-state index in [4.69, 9.17) is 8.85 Å². The predicted octanol–water partition coefficient (Wildman–Crippen LogP) is 3.71. The van der Waals surface area contributed by atoms with Crippen LogP contribution in [0.25, 0.3) is 0 Å². The molecule has 0 amide bonds. The van der Waals surface area contributed by atoms with E-state index in [0.717, 1.165) is 25.3 Å². The minimum atomic E-state index is -2.00. The third-order valence-electron chi connectivity index (χ3n) is 3.72. The van der Waals surface area contributed by atoms with Gasteiger partial charge in [-0.2, -0.15) is 0 Å². The lowest BCUT2D eigenvalue weighted by atomic mass is 10.1. The lowest BCUT2D eigenvalue weighted by Crippen LogP contribution is -2.50. The smallest absolute Gasteiger partial charge is 0.343 e. The average molecular weight is 218 g/mol. The molecule has 0 aliphatic rings. The maximum Gasteiger partial charge on any atom is 0.343 e. The Labute approximate surface area is 90.2 Å². The standard InChI is InChI=1S/C11H26O2Si/c1-7-10-14(12-5,13-6)11(4,8-2)9-3/h7-10H2,1-6H3. The van der Waals surface area contributed by atoms with Crippen LogP contribution in [0.1, 0.15) is 47.0 Å². The van der Waals surface area contributed by atoms with Crippen LogP contribution in [-0.4, -0.2) is 22.8 Å². The van der Waals surface area contributed by atoms with Gasteiger partial charge in [-0.15, -0.1) is 0 Å². The highest BCUT2D eigenvalue weighted by molar-refractivity contribution is 6.70. The Morgan fingerprint density at radius 2 is 1.43 bits per heavy atom. The summed E-state index contributed by atoms with van der Waals surface area (Å²) in [7, 11) is 1.63. The first-order chi connectivity index (χ1) is 6.55. The summed E-state index contributed by atoms with van der Waals surface area (Å²) in [6, 6.07) is 1.10. The summed E-state index contributed by atoms with van der Waals surface area (Å²) < 4.78 is 11.6. The summed E-state index contributed by atoms with van der Waals surface area (Å²) in [5, 5.41) is 0.243. The quantitative estimate of drug-likeness (QED) is 0.606. The summed E-state index contributed by atoms with van der Waals surface area (Å²) in [6.07, 6.45) is 3.41. The first kappa shape index (κ1) is 14.1. The second-order valence-electron chi connectivity index (χ2n) is 4.18. The highest BCUT2D eigenvalue weighted by Crippen LogP contribution is 2.47. The van der Waals surface area contributed by atoms with Crippen molar-refractivity contribution in [1.29, 1.82) is 0 Å². The van der Waals surface area contributed by atoms with Gasteiger partial charge < -0.3 is 8.85 Å². The van der Waals surface area contributed by atoms with Gasteiger partial charge in [-0.25, -0.2) is 0 Å². The fourth-order valence-electron chi connectivity index (χ4n) is 2.20. The number of rotatable bonds is 7. The maximum absolute atomic E-state index is 5.79. The van der Waals surface area contributed by atoms with Gasteiger partial charge in [0.25, 0.3) is 0 Å². The molecule has 0 saturated carbocycles. The summed E-state index contributed by atoms with van der Waals surface area (Å²) in [6.45, 7) is 8.98. The lowest BCUT2D eigenvalue weighted by Gasteiger charge is -2.42. The van der Waals surface area contributed by atoms with Crippen molar-refractivity contribution < 1.29 is 8.85 Å². The minimum absolute atomic E-state index is 0.243. The molecule has 0 saturated heterocycles. The Morgan fingerprint density at radius 3 is 1.64 bits per heavy atom. The zero-order chi connectivity index (χ0) is 11.2. The second-order valence-corrected chi connectivity index (χ2v) is 8.21. The molecule has 0 fully saturated rings. The van der Waals surface area contributed by atoms with Crippen LogP contribution in [-0.2, 0) is 8.85 Å². The van der Waals surface area contributed by atoms with Crippen molar-refractivity contribution in [3.8, 4) is 0 Å².